The van der Waals surface area contributed by atoms with Gasteiger partial charge in [-0.25, -0.2) is 0 Å². The minimum atomic E-state index is 0.854. The summed E-state index contributed by atoms with van der Waals surface area (Å²) in [6.45, 7) is 8.24. The monoisotopic (exact) mass is 228 g/mol. The molecule has 0 fully saturated rings. The van der Waals surface area contributed by atoms with Crippen molar-refractivity contribution in [1.29, 1.82) is 0 Å². The zero-order valence-electron chi connectivity index (χ0n) is 11.9. The van der Waals surface area contributed by atoms with Gasteiger partial charge in [-0.3, -0.25) is 0 Å². The van der Waals surface area contributed by atoms with E-state index < -0.39 is 0 Å². The molecule has 0 aliphatic rings. The standard InChI is InChI=1S/C14H32N2/c1-14(2)10-9-12-15-11-7-5-6-8-13-16(3)4/h14-15H,5-13H2,1-4H3. The van der Waals surface area contributed by atoms with Crippen LogP contribution in [0.3, 0.4) is 0 Å². The van der Waals surface area contributed by atoms with Crippen molar-refractivity contribution in [2.24, 2.45) is 5.92 Å². The number of hydrogen-bond acceptors (Lipinski definition) is 2. The summed E-state index contributed by atoms with van der Waals surface area (Å²) in [6, 6.07) is 0. The van der Waals surface area contributed by atoms with Crippen molar-refractivity contribution < 1.29 is 0 Å². The molecule has 0 radical (unpaired) electrons. The fourth-order valence-electron chi connectivity index (χ4n) is 1.79. The van der Waals surface area contributed by atoms with Crippen LogP contribution in [-0.2, 0) is 0 Å². The van der Waals surface area contributed by atoms with Crippen LogP contribution in [0.1, 0.15) is 52.4 Å². The summed E-state index contributed by atoms with van der Waals surface area (Å²) < 4.78 is 0. The lowest BCUT2D eigenvalue weighted by Crippen LogP contribution is -2.17. The Bertz CT molecular complexity index is 117. The van der Waals surface area contributed by atoms with Gasteiger partial charge in [-0.1, -0.05) is 26.7 Å². The van der Waals surface area contributed by atoms with E-state index in [0.29, 0.717) is 0 Å². The van der Waals surface area contributed by atoms with Crippen LogP contribution in [0.2, 0.25) is 0 Å². The maximum Gasteiger partial charge on any atom is -0.00248 e. The highest BCUT2D eigenvalue weighted by Gasteiger charge is 1.94. The summed E-state index contributed by atoms with van der Waals surface area (Å²) in [4.78, 5) is 2.27. The number of rotatable bonds is 11. The van der Waals surface area contributed by atoms with E-state index in [4.69, 9.17) is 0 Å². The summed E-state index contributed by atoms with van der Waals surface area (Å²) in [6.07, 6.45) is 8.14. The van der Waals surface area contributed by atoms with Gasteiger partial charge in [0.05, 0.1) is 0 Å². The first-order valence-corrected chi connectivity index (χ1v) is 6.98. The molecule has 0 aromatic rings. The Morgan fingerprint density at radius 1 is 0.875 bits per heavy atom. The van der Waals surface area contributed by atoms with Gasteiger partial charge in [-0.2, -0.15) is 0 Å². The Morgan fingerprint density at radius 3 is 2.12 bits per heavy atom. The average Bonchev–Trinajstić information content (AvgIpc) is 2.20. The highest BCUT2D eigenvalue weighted by Crippen LogP contribution is 2.02. The number of nitrogens with zero attached hydrogens (tertiary/aromatic N) is 1. The molecule has 98 valence electrons. The van der Waals surface area contributed by atoms with Crippen LogP contribution in [0.25, 0.3) is 0 Å². The summed E-state index contributed by atoms with van der Waals surface area (Å²) in [5, 5.41) is 3.53. The highest BCUT2D eigenvalue weighted by atomic mass is 15.0. The first-order chi connectivity index (χ1) is 7.63. The summed E-state index contributed by atoms with van der Waals surface area (Å²) in [7, 11) is 4.30. The van der Waals surface area contributed by atoms with Crippen LogP contribution >= 0.6 is 0 Å². The van der Waals surface area contributed by atoms with Gasteiger partial charge < -0.3 is 10.2 Å². The average molecular weight is 228 g/mol. The van der Waals surface area contributed by atoms with Gasteiger partial charge in [0.1, 0.15) is 0 Å². The van der Waals surface area contributed by atoms with E-state index >= 15 is 0 Å². The summed E-state index contributed by atoms with van der Waals surface area (Å²) >= 11 is 0. The number of nitrogens with one attached hydrogen (secondary N) is 1. The minimum absolute atomic E-state index is 0.854. The molecule has 0 saturated heterocycles. The molecular formula is C14H32N2. The second kappa shape index (κ2) is 11.4. The molecule has 16 heavy (non-hydrogen) atoms. The van der Waals surface area contributed by atoms with E-state index in [2.05, 4.69) is 38.2 Å². The maximum absolute atomic E-state index is 3.53. The Morgan fingerprint density at radius 2 is 1.50 bits per heavy atom. The minimum Gasteiger partial charge on any atom is -0.317 e. The van der Waals surface area contributed by atoms with Gasteiger partial charge >= 0.3 is 0 Å². The summed E-state index contributed by atoms with van der Waals surface area (Å²) in [5.41, 5.74) is 0. The maximum atomic E-state index is 3.53. The molecule has 0 unspecified atom stereocenters. The van der Waals surface area contributed by atoms with Gasteiger partial charge in [-0.05, 0) is 65.3 Å². The zero-order chi connectivity index (χ0) is 12.2. The molecule has 0 heterocycles. The molecule has 0 aliphatic carbocycles. The predicted molar refractivity (Wildman–Crippen MR) is 74.0 cm³/mol. The molecule has 0 aromatic heterocycles. The van der Waals surface area contributed by atoms with Crippen LogP contribution in [-0.4, -0.2) is 38.6 Å². The van der Waals surface area contributed by atoms with E-state index in [1.807, 2.05) is 0 Å². The topological polar surface area (TPSA) is 15.3 Å². The van der Waals surface area contributed by atoms with Crippen LogP contribution in [0.4, 0.5) is 0 Å². The van der Waals surface area contributed by atoms with E-state index in [9.17, 15) is 0 Å². The fourth-order valence-corrected chi connectivity index (χ4v) is 1.79. The van der Waals surface area contributed by atoms with Crippen molar-refractivity contribution in [3.05, 3.63) is 0 Å². The van der Waals surface area contributed by atoms with E-state index in [-0.39, 0.29) is 0 Å². The lowest BCUT2D eigenvalue weighted by Gasteiger charge is -2.09. The highest BCUT2D eigenvalue weighted by molar-refractivity contribution is 4.53. The molecule has 0 aliphatic heterocycles. The molecule has 0 bridgehead atoms. The quantitative estimate of drug-likeness (QED) is 0.547. The first kappa shape index (κ1) is 15.9. The molecule has 2 heteroatoms. The second-order valence-corrected chi connectivity index (χ2v) is 5.50. The van der Waals surface area contributed by atoms with Gasteiger partial charge in [0.25, 0.3) is 0 Å². The molecule has 0 spiro atoms. The third-order valence-electron chi connectivity index (χ3n) is 2.84. The van der Waals surface area contributed by atoms with E-state index in [1.54, 1.807) is 0 Å². The van der Waals surface area contributed by atoms with Crippen molar-refractivity contribution in [1.82, 2.24) is 10.2 Å². The van der Waals surface area contributed by atoms with Gasteiger partial charge in [0.2, 0.25) is 0 Å². The molecule has 0 aromatic carbocycles. The van der Waals surface area contributed by atoms with Crippen molar-refractivity contribution in [3.63, 3.8) is 0 Å². The molecule has 0 saturated carbocycles. The molecule has 2 nitrogen and oxygen atoms in total. The molecule has 0 rings (SSSR count). The Hall–Kier alpha value is -0.0800. The van der Waals surface area contributed by atoms with Crippen LogP contribution in [0.15, 0.2) is 0 Å². The third kappa shape index (κ3) is 13.9. The lowest BCUT2D eigenvalue weighted by atomic mass is 10.1. The molecular weight excluding hydrogens is 196 g/mol. The third-order valence-corrected chi connectivity index (χ3v) is 2.84. The van der Waals surface area contributed by atoms with E-state index in [0.717, 1.165) is 5.92 Å². The van der Waals surface area contributed by atoms with Gasteiger partial charge in [-0.15, -0.1) is 0 Å². The van der Waals surface area contributed by atoms with Crippen molar-refractivity contribution in [2.75, 3.05) is 33.7 Å². The van der Waals surface area contributed by atoms with E-state index in [1.165, 1.54) is 58.2 Å². The number of hydrogen-bond donors (Lipinski definition) is 1. The lowest BCUT2D eigenvalue weighted by molar-refractivity contribution is 0.389. The second-order valence-electron chi connectivity index (χ2n) is 5.50. The number of unbranched alkanes of at least 4 members (excludes halogenated alkanes) is 3. The van der Waals surface area contributed by atoms with Crippen molar-refractivity contribution in [3.8, 4) is 0 Å². The van der Waals surface area contributed by atoms with Crippen LogP contribution < -0.4 is 5.32 Å². The van der Waals surface area contributed by atoms with Gasteiger partial charge in [0.15, 0.2) is 0 Å². The van der Waals surface area contributed by atoms with Crippen LogP contribution in [0, 0.1) is 5.92 Å². The zero-order valence-corrected chi connectivity index (χ0v) is 11.9. The Kier molecular flexibility index (Phi) is 11.3. The summed E-state index contributed by atoms with van der Waals surface area (Å²) in [5.74, 6) is 0.854. The van der Waals surface area contributed by atoms with Crippen molar-refractivity contribution in [2.45, 2.75) is 52.4 Å². The predicted octanol–water partition coefficient (Wildman–Crippen LogP) is 3.13. The normalized spacial score (nSPS) is 11.6. The Labute approximate surface area is 103 Å². The van der Waals surface area contributed by atoms with Crippen LogP contribution in [0.5, 0.6) is 0 Å². The molecule has 0 atom stereocenters. The fraction of sp³-hybridized carbons (Fsp3) is 1.00. The van der Waals surface area contributed by atoms with Crippen molar-refractivity contribution >= 4 is 0 Å². The largest absolute Gasteiger partial charge is 0.317 e. The molecule has 0 amide bonds. The Balaban J connectivity index is 2.93. The SMILES string of the molecule is CC(C)CCCNCCCCCCN(C)C. The first-order valence-electron chi connectivity index (χ1n) is 6.98. The smallest absolute Gasteiger partial charge is 0.00248 e. The molecule has 1 N–H and O–H groups in total. The van der Waals surface area contributed by atoms with Gasteiger partial charge in [0, 0.05) is 0 Å².